The van der Waals surface area contributed by atoms with Crippen molar-refractivity contribution in [2.45, 2.75) is 30.8 Å². The Morgan fingerprint density at radius 3 is 2.59 bits per heavy atom. The molecule has 0 amide bonds. The molecule has 0 aliphatic carbocycles. The van der Waals surface area contributed by atoms with Gasteiger partial charge in [0.15, 0.2) is 11.6 Å². The number of carbonyl (C=O) groups excluding carboxylic acids is 1. The first-order valence-corrected chi connectivity index (χ1v) is 12.2. The summed E-state index contributed by atoms with van der Waals surface area (Å²) >= 11 is 1.31. The maximum atomic E-state index is 12.9. The molecule has 0 saturated carbocycles. The number of hydrogen-bond donors (Lipinski definition) is 1. The minimum absolute atomic E-state index is 0.0198. The summed E-state index contributed by atoms with van der Waals surface area (Å²) in [5, 5.41) is 11.4. The first-order chi connectivity index (χ1) is 16.4. The van der Waals surface area contributed by atoms with Gasteiger partial charge in [0, 0.05) is 36.3 Å². The van der Waals surface area contributed by atoms with Gasteiger partial charge >= 0.3 is 0 Å². The van der Waals surface area contributed by atoms with Crippen molar-refractivity contribution in [2.24, 2.45) is 0 Å². The monoisotopic (exact) mass is 469 g/mol. The summed E-state index contributed by atoms with van der Waals surface area (Å²) in [6.45, 7) is 4.30. The number of likely N-dealkylation sites (N-methyl/N-ethyl adjacent to an activating group) is 1. The standard InChI is InChI=1S/C27H27N5OS/c1-27(2)22-13-6-7-14-23(22)31(3)24(27)16-20(33)17-34-26-30-29-25(32(26)28)15-19-11-8-10-18-9-4-5-12-21(18)19/h4-14,16H,15,17,28H2,1-3H3/b24-16-. The normalized spacial score (nSPS) is 15.7. The first-order valence-electron chi connectivity index (χ1n) is 11.2. The molecule has 2 N–H and O–H groups in total. The van der Waals surface area contributed by atoms with E-state index in [9.17, 15) is 4.79 Å². The van der Waals surface area contributed by atoms with Crippen LogP contribution in [0.25, 0.3) is 10.8 Å². The lowest BCUT2D eigenvalue weighted by molar-refractivity contribution is -0.112. The number of rotatable bonds is 6. The van der Waals surface area contributed by atoms with Crippen molar-refractivity contribution >= 4 is 34.0 Å². The number of anilines is 1. The Labute approximate surface area is 203 Å². The molecule has 6 nitrogen and oxygen atoms in total. The number of thioether (sulfide) groups is 1. The molecule has 0 bridgehead atoms. The Morgan fingerprint density at radius 1 is 1.03 bits per heavy atom. The highest BCUT2D eigenvalue weighted by Gasteiger charge is 2.38. The van der Waals surface area contributed by atoms with Gasteiger partial charge in [-0.15, -0.1) is 10.2 Å². The second kappa shape index (κ2) is 8.65. The molecule has 4 aromatic rings. The number of hydrogen-bond acceptors (Lipinski definition) is 6. The molecule has 0 radical (unpaired) electrons. The number of nitrogens with two attached hydrogens (primary N) is 1. The topological polar surface area (TPSA) is 77.0 Å². The van der Waals surface area contributed by atoms with Crippen molar-refractivity contribution in [1.29, 1.82) is 0 Å². The molecule has 2 heterocycles. The lowest BCUT2D eigenvalue weighted by Gasteiger charge is -2.23. The minimum Gasteiger partial charge on any atom is -0.347 e. The van der Waals surface area contributed by atoms with Gasteiger partial charge in [-0.05, 0) is 28.0 Å². The summed E-state index contributed by atoms with van der Waals surface area (Å²) in [4.78, 5) is 15.0. The van der Waals surface area contributed by atoms with E-state index < -0.39 is 0 Å². The summed E-state index contributed by atoms with van der Waals surface area (Å²) in [7, 11) is 2.01. The molecule has 0 atom stereocenters. The molecular weight excluding hydrogens is 442 g/mol. The maximum absolute atomic E-state index is 12.9. The van der Waals surface area contributed by atoms with E-state index in [1.54, 1.807) is 6.08 Å². The largest absolute Gasteiger partial charge is 0.347 e. The van der Waals surface area contributed by atoms with Gasteiger partial charge in [0.05, 0.1) is 5.75 Å². The predicted octanol–water partition coefficient (Wildman–Crippen LogP) is 4.71. The second-order valence-electron chi connectivity index (χ2n) is 9.07. The van der Waals surface area contributed by atoms with Gasteiger partial charge < -0.3 is 10.7 Å². The maximum Gasteiger partial charge on any atom is 0.210 e. The third-order valence-electron chi connectivity index (χ3n) is 6.55. The molecule has 34 heavy (non-hydrogen) atoms. The van der Waals surface area contributed by atoms with E-state index in [2.05, 4.69) is 65.3 Å². The highest BCUT2D eigenvalue weighted by atomic mass is 32.2. The van der Waals surface area contributed by atoms with Crippen LogP contribution in [-0.2, 0) is 16.6 Å². The van der Waals surface area contributed by atoms with E-state index in [-0.39, 0.29) is 17.0 Å². The van der Waals surface area contributed by atoms with Crippen molar-refractivity contribution in [3.63, 3.8) is 0 Å². The minimum atomic E-state index is -0.231. The van der Waals surface area contributed by atoms with Crippen LogP contribution in [0.1, 0.15) is 30.8 Å². The lowest BCUT2D eigenvalue weighted by Crippen LogP contribution is -2.24. The average molecular weight is 470 g/mol. The van der Waals surface area contributed by atoms with Crippen LogP contribution in [0.5, 0.6) is 0 Å². The van der Waals surface area contributed by atoms with Crippen LogP contribution in [-0.4, -0.2) is 33.5 Å². The molecule has 0 spiro atoms. The van der Waals surface area contributed by atoms with Gasteiger partial charge in [0.25, 0.3) is 0 Å². The molecule has 0 saturated heterocycles. The highest BCUT2D eigenvalue weighted by Crippen LogP contribution is 2.46. The van der Waals surface area contributed by atoms with E-state index in [1.165, 1.54) is 32.8 Å². The van der Waals surface area contributed by atoms with Gasteiger partial charge in [-0.2, -0.15) is 0 Å². The van der Waals surface area contributed by atoms with Crippen LogP contribution in [0.4, 0.5) is 5.69 Å². The third kappa shape index (κ3) is 3.86. The highest BCUT2D eigenvalue weighted by molar-refractivity contribution is 7.99. The number of allylic oxidation sites excluding steroid dienone is 2. The number of aromatic nitrogens is 3. The molecule has 5 rings (SSSR count). The summed E-state index contributed by atoms with van der Waals surface area (Å²) in [6.07, 6.45) is 2.32. The van der Waals surface area contributed by atoms with Crippen LogP contribution in [0.3, 0.4) is 0 Å². The molecule has 1 aliphatic heterocycles. The van der Waals surface area contributed by atoms with Gasteiger partial charge in [0.1, 0.15) is 0 Å². The Bertz CT molecular complexity index is 1420. The molecule has 3 aromatic carbocycles. The smallest absolute Gasteiger partial charge is 0.210 e. The molecule has 7 heteroatoms. The molecular formula is C27H27N5OS. The van der Waals surface area contributed by atoms with Gasteiger partial charge in [-0.25, -0.2) is 4.68 Å². The Kier molecular flexibility index (Phi) is 5.65. The van der Waals surface area contributed by atoms with E-state index in [0.29, 0.717) is 17.4 Å². The van der Waals surface area contributed by atoms with Crippen molar-refractivity contribution in [2.75, 3.05) is 23.5 Å². The van der Waals surface area contributed by atoms with Crippen LogP contribution < -0.4 is 10.7 Å². The van der Waals surface area contributed by atoms with Gasteiger partial charge in [0.2, 0.25) is 5.16 Å². The number of nitrogen functional groups attached to an aromatic ring is 1. The van der Waals surface area contributed by atoms with Crippen molar-refractivity contribution in [3.8, 4) is 0 Å². The quantitative estimate of drug-likeness (QED) is 0.250. The van der Waals surface area contributed by atoms with Crippen molar-refractivity contribution in [3.05, 3.63) is 95.5 Å². The molecule has 1 aliphatic rings. The van der Waals surface area contributed by atoms with Crippen LogP contribution in [0.2, 0.25) is 0 Å². The summed E-state index contributed by atoms with van der Waals surface area (Å²) in [5.74, 6) is 7.23. The third-order valence-corrected chi connectivity index (χ3v) is 7.51. The zero-order chi connectivity index (χ0) is 23.9. The fourth-order valence-electron chi connectivity index (χ4n) is 4.73. The summed E-state index contributed by atoms with van der Waals surface area (Å²) < 4.78 is 1.49. The van der Waals surface area contributed by atoms with E-state index in [4.69, 9.17) is 5.84 Å². The fourth-order valence-corrected chi connectivity index (χ4v) is 5.43. The second-order valence-corrected chi connectivity index (χ2v) is 10.0. The van der Waals surface area contributed by atoms with Crippen LogP contribution >= 0.6 is 11.8 Å². The van der Waals surface area contributed by atoms with Crippen LogP contribution in [0, 0.1) is 0 Å². The van der Waals surface area contributed by atoms with Gasteiger partial charge in [-0.1, -0.05) is 86.3 Å². The van der Waals surface area contributed by atoms with Crippen molar-refractivity contribution in [1.82, 2.24) is 14.9 Å². The number of benzene rings is 3. The Balaban J connectivity index is 1.30. The molecule has 1 aromatic heterocycles. The number of para-hydroxylation sites is 1. The molecule has 0 fully saturated rings. The zero-order valence-corrected chi connectivity index (χ0v) is 20.3. The average Bonchev–Trinajstić information content (AvgIpc) is 3.28. The van der Waals surface area contributed by atoms with Gasteiger partial charge in [-0.3, -0.25) is 4.79 Å². The van der Waals surface area contributed by atoms with E-state index in [1.807, 2.05) is 37.4 Å². The first kappa shape index (κ1) is 22.2. The molecule has 172 valence electrons. The fraction of sp³-hybridized carbons (Fsp3) is 0.222. The zero-order valence-electron chi connectivity index (χ0n) is 19.5. The SMILES string of the molecule is CN1/C(=C\C(=O)CSc2nnc(Cc3cccc4ccccc34)n2N)C(C)(C)c2ccccc21. The van der Waals surface area contributed by atoms with E-state index in [0.717, 1.165) is 16.9 Å². The van der Waals surface area contributed by atoms with E-state index >= 15 is 0 Å². The Morgan fingerprint density at radius 2 is 1.76 bits per heavy atom. The number of fused-ring (bicyclic) bond motifs is 2. The Hall–Kier alpha value is -3.58. The van der Waals surface area contributed by atoms with Crippen LogP contribution in [0.15, 0.2) is 83.7 Å². The number of carbonyl (C=O) groups is 1. The summed E-state index contributed by atoms with van der Waals surface area (Å²) in [5.41, 5.74) is 4.26. The summed E-state index contributed by atoms with van der Waals surface area (Å²) in [6, 6.07) is 22.7. The van der Waals surface area contributed by atoms with Crippen molar-refractivity contribution < 1.29 is 4.79 Å². The predicted molar refractivity (Wildman–Crippen MR) is 139 cm³/mol. The lowest BCUT2D eigenvalue weighted by atomic mass is 9.83. The molecule has 0 unspecified atom stereocenters. The number of nitrogens with zero attached hydrogens (tertiary/aromatic N) is 4. The number of ketones is 1.